The van der Waals surface area contributed by atoms with Gasteiger partial charge >= 0.3 is 0 Å². The molecule has 0 N–H and O–H groups in total. The highest BCUT2D eigenvalue weighted by molar-refractivity contribution is 5.33. The van der Waals surface area contributed by atoms with Crippen molar-refractivity contribution in [1.29, 1.82) is 0 Å². The molecule has 96 valence electrons. The fourth-order valence-electron chi connectivity index (χ4n) is 1.75. The van der Waals surface area contributed by atoms with E-state index in [0.717, 1.165) is 30.0 Å². The Bertz CT molecular complexity index is 494. The third-order valence-electron chi connectivity index (χ3n) is 2.65. The first-order valence-corrected chi connectivity index (χ1v) is 6.10. The van der Waals surface area contributed by atoms with Gasteiger partial charge in [0.05, 0.1) is 19.5 Å². The van der Waals surface area contributed by atoms with Crippen LogP contribution >= 0.6 is 0 Å². The molecule has 0 amide bonds. The van der Waals surface area contributed by atoms with E-state index in [2.05, 4.69) is 12.0 Å². The summed E-state index contributed by atoms with van der Waals surface area (Å²) in [6.45, 7) is 3.52. The summed E-state index contributed by atoms with van der Waals surface area (Å²) >= 11 is 0. The number of benzene rings is 1. The molecule has 0 aliphatic rings. The summed E-state index contributed by atoms with van der Waals surface area (Å²) in [5, 5.41) is 4.22. The lowest BCUT2D eigenvalue weighted by Gasteiger charge is -2.08. The molecule has 0 radical (unpaired) electrons. The molecule has 4 heteroatoms. The predicted molar refractivity (Wildman–Crippen MR) is 69.8 cm³/mol. The first-order chi connectivity index (χ1) is 8.83. The van der Waals surface area contributed by atoms with Crippen LogP contribution in [-0.4, -0.2) is 16.9 Å². The van der Waals surface area contributed by atoms with Crippen LogP contribution in [0.5, 0.6) is 11.5 Å². The topological polar surface area (TPSA) is 36.3 Å². The predicted octanol–water partition coefficient (Wildman–Crippen LogP) is 2.88. The van der Waals surface area contributed by atoms with Crippen LogP contribution in [0.15, 0.2) is 36.7 Å². The highest BCUT2D eigenvalue weighted by Gasteiger charge is 2.04. The number of ether oxygens (including phenoxy) is 2. The molecule has 2 aromatic rings. The fraction of sp³-hybridized carbons (Fsp3) is 0.357. The average Bonchev–Trinajstić information content (AvgIpc) is 2.85. The Labute approximate surface area is 107 Å². The molecule has 1 aromatic heterocycles. The first-order valence-electron chi connectivity index (χ1n) is 6.10. The lowest BCUT2D eigenvalue weighted by molar-refractivity contribution is 0.296. The van der Waals surface area contributed by atoms with Gasteiger partial charge in [0.25, 0.3) is 0 Å². The molecule has 0 atom stereocenters. The third-order valence-corrected chi connectivity index (χ3v) is 2.65. The zero-order valence-electron chi connectivity index (χ0n) is 10.8. The summed E-state index contributed by atoms with van der Waals surface area (Å²) < 4.78 is 12.9. The molecule has 0 aliphatic carbocycles. The minimum absolute atomic E-state index is 0.488. The van der Waals surface area contributed by atoms with Gasteiger partial charge < -0.3 is 9.47 Å². The normalized spacial score (nSPS) is 10.3. The van der Waals surface area contributed by atoms with Crippen molar-refractivity contribution >= 4 is 0 Å². The van der Waals surface area contributed by atoms with E-state index < -0.39 is 0 Å². The van der Waals surface area contributed by atoms with Gasteiger partial charge in [0.15, 0.2) is 5.75 Å². The molecule has 18 heavy (non-hydrogen) atoms. The summed E-state index contributed by atoms with van der Waals surface area (Å²) in [4.78, 5) is 0. The minimum Gasteiger partial charge on any atom is -0.496 e. The third kappa shape index (κ3) is 3.03. The lowest BCUT2D eigenvalue weighted by Crippen LogP contribution is -1.98. The minimum atomic E-state index is 0.488. The molecule has 1 heterocycles. The van der Waals surface area contributed by atoms with Crippen molar-refractivity contribution in [2.75, 3.05) is 7.11 Å². The zero-order chi connectivity index (χ0) is 12.8. The van der Waals surface area contributed by atoms with Crippen molar-refractivity contribution in [2.24, 2.45) is 0 Å². The maximum Gasteiger partial charge on any atom is 0.157 e. The maximum absolute atomic E-state index is 5.70. The van der Waals surface area contributed by atoms with Crippen LogP contribution in [0, 0.1) is 0 Å². The number of nitrogens with zero attached hydrogens (tertiary/aromatic N) is 2. The molecule has 0 aliphatic heterocycles. The monoisotopic (exact) mass is 246 g/mol. The van der Waals surface area contributed by atoms with E-state index >= 15 is 0 Å². The smallest absolute Gasteiger partial charge is 0.157 e. The van der Waals surface area contributed by atoms with Gasteiger partial charge in [-0.3, -0.25) is 4.68 Å². The SMILES string of the molecule is CCCn1cc(OCc2ccccc2OC)cn1. The Hall–Kier alpha value is -1.97. The Morgan fingerprint density at radius 2 is 2.11 bits per heavy atom. The average molecular weight is 246 g/mol. The Balaban J connectivity index is 1.97. The van der Waals surface area contributed by atoms with E-state index in [-0.39, 0.29) is 0 Å². The van der Waals surface area contributed by atoms with Gasteiger partial charge in [-0.25, -0.2) is 0 Å². The summed E-state index contributed by atoms with van der Waals surface area (Å²) in [5.41, 5.74) is 1.03. The van der Waals surface area contributed by atoms with Crippen molar-refractivity contribution in [3.05, 3.63) is 42.2 Å². The van der Waals surface area contributed by atoms with Crippen LogP contribution in [0.25, 0.3) is 0 Å². The van der Waals surface area contributed by atoms with E-state index in [4.69, 9.17) is 9.47 Å². The van der Waals surface area contributed by atoms with Crippen LogP contribution in [0.4, 0.5) is 0 Å². The maximum atomic E-state index is 5.70. The van der Waals surface area contributed by atoms with E-state index in [1.165, 1.54) is 0 Å². The molecule has 0 saturated carbocycles. The van der Waals surface area contributed by atoms with Crippen molar-refractivity contribution in [3.63, 3.8) is 0 Å². The number of aryl methyl sites for hydroxylation is 1. The van der Waals surface area contributed by atoms with Crippen LogP contribution in [0.2, 0.25) is 0 Å². The molecule has 1 aromatic carbocycles. The molecular formula is C14H18N2O2. The summed E-state index contributed by atoms with van der Waals surface area (Å²) in [7, 11) is 1.66. The molecule has 0 fully saturated rings. The van der Waals surface area contributed by atoms with Crippen LogP contribution < -0.4 is 9.47 Å². The number of para-hydroxylation sites is 1. The van der Waals surface area contributed by atoms with Gasteiger partial charge in [-0.05, 0) is 12.5 Å². The van der Waals surface area contributed by atoms with Gasteiger partial charge in [-0.15, -0.1) is 0 Å². The van der Waals surface area contributed by atoms with Crippen molar-refractivity contribution in [1.82, 2.24) is 9.78 Å². The quantitative estimate of drug-likeness (QED) is 0.786. The first kappa shape index (κ1) is 12.5. The van der Waals surface area contributed by atoms with Gasteiger partial charge in [0.1, 0.15) is 12.4 Å². The molecule has 0 saturated heterocycles. The standard InChI is InChI=1S/C14H18N2O2/c1-3-8-16-10-13(9-15-16)18-11-12-6-4-5-7-14(12)17-2/h4-7,9-10H,3,8,11H2,1-2H3. The van der Waals surface area contributed by atoms with Gasteiger partial charge in [0.2, 0.25) is 0 Å². The highest BCUT2D eigenvalue weighted by Crippen LogP contribution is 2.19. The molecule has 0 unspecified atom stereocenters. The lowest BCUT2D eigenvalue weighted by atomic mass is 10.2. The van der Waals surface area contributed by atoms with Crippen molar-refractivity contribution < 1.29 is 9.47 Å². The van der Waals surface area contributed by atoms with Gasteiger partial charge in [-0.2, -0.15) is 5.10 Å². The van der Waals surface area contributed by atoms with E-state index in [1.807, 2.05) is 35.1 Å². The second kappa shape index (κ2) is 6.10. The fourth-order valence-corrected chi connectivity index (χ4v) is 1.75. The molecule has 0 spiro atoms. The number of methoxy groups -OCH3 is 1. The summed E-state index contributed by atoms with van der Waals surface area (Å²) in [6.07, 6.45) is 4.72. The number of aromatic nitrogens is 2. The van der Waals surface area contributed by atoms with E-state index in [9.17, 15) is 0 Å². The van der Waals surface area contributed by atoms with Crippen LogP contribution in [-0.2, 0) is 13.2 Å². The van der Waals surface area contributed by atoms with Gasteiger partial charge in [0, 0.05) is 12.1 Å². The van der Waals surface area contributed by atoms with E-state index in [0.29, 0.717) is 6.61 Å². The number of rotatable bonds is 6. The van der Waals surface area contributed by atoms with E-state index in [1.54, 1.807) is 13.3 Å². The Kier molecular flexibility index (Phi) is 4.23. The van der Waals surface area contributed by atoms with Crippen molar-refractivity contribution in [2.45, 2.75) is 26.5 Å². The van der Waals surface area contributed by atoms with Crippen LogP contribution in [0.3, 0.4) is 0 Å². The van der Waals surface area contributed by atoms with Crippen LogP contribution in [0.1, 0.15) is 18.9 Å². The largest absolute Gasteiger partial charge is 0.496 e. The molecular weight excluding hydrogens is 228 g/mol. The Morgan fingerprint density at radius 3 is 2.89 bits per heavy atom. The molecule has 0 bridgehead atoms. The highest BCUT2D eigenvalue weighted by atomic mass is 16.5. The zero-order valence-corrected chi connectivity index (χ0v) is 10.8. The second-order valence-electron chi connectivity index (χ2n) is 4.04. The molecule has 4 nitrogen and oxygen atoms in total. The van der Waals surface area contributed by atoms with Crippen molar-refractivity contribution in [3.8, 4) is 11.5 Å². The number of hydrogen-bond acceptors (Lipinski definition) is 3. The summed E-state index contributed by atoms with van der Waals surface area (Å²) in [5.74, 6) is 1.63. The Morgan fingerprint density at radius 1 is 1.28 bits per heavy atom. The molecule has 2 rings (SSSR count). The summed E-state index contributed by atoms with van der Waals surface area (Å²) in [6, 6.07) is 7.85. The van der Waals surface area contributed by atoms with Gasteiger partial charge in [-0.1, -0.05) is 25.1 Å². The second-order valence-corrected chi connectivity index (χ2v) is 4.04. The number of hydrogen-bond donors (Lipinski definition) is 0.